The summed E-state index contributed by atoms with van der Waals surface area (Å²) >= 11 is 0. The molecule has 5 heteroatoms. The number of hydrogen-bond acceptors (Lipinski definition) is 3. The number of ether oxygens (including phenoxy) is 1. The van der Waals surface area contributed by atoms with Crippen molar-refractivity contribution in [3.63, 3.8) is 0 Å². The molecule has 1 aliphatic carbocycles. The van der Waals surface area contributed by atoms with Crippen molar-refractivity contribution in [1.29, 1.82) is 0 Å². The van der Waals surface area contributed by atoms with Gasteiger partial charge in [0.1, 0.15) is 0 Å². The first-order valence-corrected chi connectivity index (χ1v) is 6.97. The molecule has 0 unspecified atom stereocenters. The van der Waals surface area contributed by atoms with Gasteiger partial charge in [0.2, 0.25) is 0 Å². The molecule has 0 spiro atoms. The van der Waals surface area contributed by atoms with Gasteiger partial charge in [-0.05, 0) is 25.7 Å². The summed E-state index contributed by atoms with van der Waals surface area (Å²) in [6.07, 6.45) is 5.65. The van der Waals surface area contributed by atoms with Gasteiger partial charge in [-0.25, -0.2) is 4.79 Å². The monoisotopic (exact) mass is 256 g/mol. The maximum atomic E-state index is 12.1. The molecular formula is C13H24N2O3. The van der Waals surface area contributed by atoms with E-state index in [2.05, 4.69) is 5.32 Å². The van der Waals surface area contributed by atoms with E-state index in [4.69, 9.17) is 4.74 Å². The highest BCUT2D eigenvalue weighted by molar-refractivity contribution is 5.74. The van der Waals surface area contributed by atoms with Gasteiger partial charge in [-0.2, -0.15) is 0 Å². The van der Waals surface area contributed by atoms with E-state index in [1.165, 1.54) is 6.42 Å². The highest BCUT2D eigenvalue weighted by atomic mass is 16.5. The average molecular weight is 256 g/mol. The van der Waals surface area contributed by atoms with E-state index in [1.54, 1.807) is 12.0 Å². The SMILES string of the molecule is CO[C@@H]1CCCC[C@@H]1NC(=O)N1CCC(O)CC1. The summed E-state index contributed by atoms with van der Waals surface area (Å²) in [5.74, 6) is 0. The lowest BCUT2D eigenvalue weighted by molar-refractivity contribution is 0.0405. The minimum absolute atomic E-state index is 0.00384. The highest BCUT2D eigenvalue weighted by Crippen LogP contribution is 2.21. The van der Waals surface area contributed by atoms with Crippen LogP contribution in [0.3, 0.4) is 0 Å². The van der Waals surface area contributed by atoms with Crippen LogP contribution < -0.4 is 5.32 Å². The van der Waals surface area contributed by atoms with Crippen molar-refractivity contribution >= 4 is 6.03 Å². The lowest BCUT2D eigenvalue weighted by atomic mass is 9.92. The minimum Gasteiger partial charge on any atom is -0.393 e. The van der Waals surface area contributed by atoms with Gasteiger partial charge in [-0.3, -0.25) is 0 Å². The molecular weight excluding hydrogens is 232 g/mol. The Bertz CT molecular complexity index is 277. The lowest BCUT2D eigenvalue weighted by Gasteiger charge is -2.35. The van der Waals surface area contributed by atoms with Crippen LogP contribution in [-0.4, -0.2) is 54.5 Å². The third-order valence-electron chi connectivity index (χ3n) is 4.07. The number of carbonyl (C=O) groups is 1. The molecule has 104 valence electrons. The van der Waals surface area contributed by atoms with Crippen LogP contribution in [0.5, 0.6) is 0 Å². The maximum Gasteiger partial charge on any atom is 0.317 e. The Kier molecular flexibility index (Phi) is 4.83. The van der Waals surface area contributed by atoms with Crippen LogP contribution in [0.25, 0.3) is 0 Å². The molecule has 2 N–H and O–H groups in total. The van der Waals surface area contributed by atoms with Crippen LogP contribution in [0.4, 0.5) is 4.79 Å². The number of rotatable bonds is 2. The fourth-order valence-electron chi connectivity index (χ4n) is 2.86. The van der Waals surface area contributed by atoms with E-state index in [0.29, 0.717) is 25.9 Å². The number of methoxy groups -OCH3 is 1. The lowest BCUT2D eigenvalue weighted by Crippen LogP contribution is -2.52. The van der Waals surface area contributed by atoms with E-state index in [1.807, 2.05) is 0 Å². The Morgan fingerprint density at radius 1 is 1.22 bits per heavy atom. The molecule has 0 bridgehead atoms. The second-order valence-corrected chi connectivity index (χ2v) is 5.33. The molecule has 2 fully saturated rings. The number of amides is 2. The first-order valence-electron chi connectivity index (χ1n) is 6.97. The Labute approximate surface area is 108 Å². The van der Waals surface area contributed by atoms with Crippen molar-refractivity contribution in [1.82, 2.24) is 10.2 Å². The Balaban J connectivity index is 1.82. The first kappa shape index (κ1) is 13.6. The van der Waals surface area contributed by atoms with E-state index in [0.717, 1.165) is 19.3 Å². The summed E-state index contributed by atoms with van der Waals surface area (Å²) in [6, 6.07) is 0.138. The minimum atomic E-state index is -0.240. The number of nitrogens with zero attached hydrogens (tertiary/aromatic N) is 1. The zero-order valence-corrected chi connectivity index (χ0v) is 11.1. The number of likely N-dealkylation sites (tertiary alicyclic amines) is 1. The second kappa shape index (κ2) is 6.38. The Hall–Kier alpha value is -0.810. The van der Waals surface area contributed by atoms with Crippen molar-refractivity contribution < 1.29 is 14.6 Å². The van der Waals surface area contributed by atoms with Crippen molar-refractivity contribution in [3.05, 3.63) is 0 Å². The molecule has 0 aromatic rings. The number of aliphatic hydroxyl groups is 1. The summed E-state index contributed by atoms with van der Waals surface area (Å²) in [7, 11) is 1.71. The number of urea groups is 1. The maximum absolute atomic E-state index is 12.1. The third-order valence-corrected chi connectivity index (χ3v) is 4.07. The van der Waals surface area contributed by atoms with Gasteiger partial charge in [0.05, 0.1) is 18.2 Å². The molecule has 0 aromatic heterocycles. The Morgan fingerprint density at radius 2 is 1.89 bits per heavy atom. The first-order chi connectivity index (χ1) is 8.70. The number of carbonyl (C=O) groups excluding carboxylic acids is 1. The average Bonchev–Trinajstić information content (AvgIpc) is 2.40. The third kappa shape index (κ3) is 3.36. The summed E-state index contributed by atoms with van der Waals surface area (Å²) in [6.45, 7) is 1.30. The van der Waals surface area contributed by atoms with Crippen molar-refractivity contribution in [2.45, 2.75) is 56.8 Å². The fraction of sp³-hybridized carbons (Fsp3) is 0.923. The molecule has 2 amide bonds. The summed E-state index contributed by atoms with van der Waals surface area (Å²) in [4.78, 5) is 13.9. The molecule has 2 rings (SSSR count). The molecule has 18 heavy (non-hydrogen) atoms. The normalized spacial score (nSPS) is 30.2. The van der Waals surface area contributed by atoms with Gasteiger partial charge >= 0.3 is 6.03 Å². The molecule has 0 radical (unpaired) electrons. The van der Waals surface area contributed by atoms with Gasteiger partial charge in [-0.15, -0.1) is 0 Å². The number of hydrogen-bond donors (Lipinski definition) is 2. The van der Waals surface area contributed by atoms with Gasteiger partial charge in [0, 0.05) is 20.2 Å². The summed E-state index contributed by atoms with van der Waals surface area (Å²) in [5.41, 5.74) is 0. The molecule has 1 aliphatic heterocycles. The summed E-state index contributed by atoms with van der Waals surface area (Å²) < 4.78 is 5.44. The second-order valence-electron chi connectivity index (χ2n) is 5.33. The van der Waals surface area contributed by atoms with Gasteiger partial charge < -0.3 is 20.1 Å². The smallest absolute Gasteiger partial charge is 0.317 e. The van der Waals surface area contributed by atoms with Crippen molar-refractivity contribution in [3.8, 4) is 0 Å². The van der Waals surface area contributed by atoms with E-state index >= 15 is 0 Å². The number of piperidine rings is 1. The largest absolute Gasteiger partial charge is 0.393 e. The van der Waals surface area contributed by atoms with Crippen LogP contribution >= 0.6 is 0 Å². The molecule has 2 atom stereocenters. The predicted octanol–water partition coefficient (Wildman–Crippen LogP) is 1.11. The molecule has 1 saturated heterocycles. The molecule has 2 aliphatic rings. The zero-order chi connectivity index (χ0) is 13.0. The Morgan fingerprint density at radius 3 is 2.56 bits per heavy atom. The molecule has 0 aromatic carbocycles. The summed E-state index contributed by atoms with van der Waals surface area (Å²) in [5, 5.41) is 12.5. The van der Waals surface area contributed by atoms with Crippen LogP contribution in [0.15, 0.2) is 0 Å². The number of aliphatic hydroxyl groups excluding tert-OH is 1. The standard InChI is InChI=1S/C13H24N2O3/c1-18-12-5-3-2-4-11(12)14-13(17)15-8-6-10(16)7-9-15/h10-12,16H,2-9H2,1H3,(H,14,17)/t11-,12+/m0/s1. The highest BCUT2D eigenvalue weighted by Gasteiger charge is 2.29. The van der Waals surface area contributed by atoms with Crippen LogP contribution in [-0.2, 0) is 4.74 Å². The molecule has 1 heterocycles. The molecule has 5 nitrogen and oxygen atoms in total. The van der Waals surface area contributed by atoms with Crippen LogP contribution in [0.1, 0.15) is 38.5 Å². The van der Waals surface area contributed by atoms with E-state index < -0.39 is 0 Å². The van der Waals surface area contributed by atoms with Gasteiger partial charge in [0.25, 0.3) is 0 Å². The van der Waals surface area contributed by atoms with Gasteiger partial charge in [-0.1, -0.05) is 12.8 Å². The quantitative estimate of drug-likeness (QED) is 0.778. The zero-order valence-electron chi connectivity index (χ0n) is 11.1. The molecule has 1 saturated carbocycles. The van der Waals surface area contributed by atoms with Crippen molar-refractivity contribution in [2.75, 3.05) is 20.2 Å². The van der Waals surface area contributed by atoms with Crippen LogP contribution in [0.2, 0.25) is 0 Å². The predicted molar refractivity (Wildman–Crippen MR) is 68.4 cm³/mol. The van der Waals surface area contributed by atoms with Gasteiger partial charge in [0.15, 0.2) is 0 Å². The number of nitrogens with one attached hydrogen (secondary N) is 1. The van der Waals surface area contributed by atoms with Crippen molar-refractivity contribution in [2.24, 2.45) is 0 Å². The van der Waals surface area contributed by atoms with E-state index in [9.17, 15) is 9.90 Å². The fourth-order valence-corrected chi connectivity index (χ4v) is 2.86. The van der Waals surface area contributed by atoms with Crippen LogP contribution in [0, 0.1) is 0 Å². The topological polar surface area (TPSA) is 61.8 Å². The van der Waals surface area contributed by atoms with E-state index in [-0.39, 0.29) is 24.3 Å².